The van der Waals surface area contributed by atoms with Gasteiger partial charge in [0.2, 0.25) is 0 Å². The molecule has 0 atom stereocenters. The normalized spacial score (nSPS) is 10.4. The Kier molecular flexibility index (Phi) is 35.2. The second-order valence-electron chi connectivity index (χ2n) is 8.01. The molecule has 0 spiro atoms. The second kappa shape index (κ2) is 31.4. The van der Waals surface area contributed by atoms with E-state index in [0.29, 0.717) is 12.5 Å². The molecule has 5 nitrogen and oxygen atoms in total. The predicted molar refractivity (Wildman–Crippen MR) is 126 cm³/mol. The number of carboxylic acid groups (broad SMARTS) is 2. The quantitative estimate of drug-likeness (QED) is 0.168. The van der Waals surface area contributed by atoms with Crippen LogP contribution in [0, 0.1) is 0 Å². The molecular formula is C25H47AlO5. The van der Waals surface area contributed by atoms with Gasteiger partial charge in [0.15, 0.2) is 0 Å². The minimum atomic E-state index is -0.961. The molecule has 0 aliphatic rings. The summed E-state index contributed by atoms with van der Waals surface area (Å²) in [6, 6.07) is 0. The van der Waals surface area contributed by atoms with Gasteiger partial charge in [-0.15, -0.1) is 0 Å². The van der Waals surface area contributed by atoms with Crippen LogP contribution in [0.5, 0.6) is 0 Å². The van der Waals surface area contributed by atoms with Gasteiger partial charge in [0.1, 0.15) is 0 Å². The number of aliphatic carboxylic acids is 2. The summed E-state index contributed by atoms with van der Waals surface area (Å²) >= 11 is 2.19. The van der Waals surface area contributed by atoms with Crippen LogP contribution in [0.25, 0.3) is 0 Å². The number of hydrogen-bond acceptors (Lipinski definition) is 5. The SMILES string of the molecule is CC(C)[O][Al+2].CCCC(=O)[O-].CCCCCCCC/C=C\CCCCCCCC(=O)[O-]. The van der Waals surface area contributed by atoms with Crippen molar-refractivity contribution < 1.29 is 23.6 Å². The molecule has 0 N–H and O–H groups in total. The third kappa shape index (κ3) is 48.0. The molecule has 0 aromatic carbocycles. The molecule has 0 amide bonds. The van der Waals surface area contributed by atoms with E-state index in [2.05, 4.69) is 39.5 Å². The molecule has 0 rings (SSSR count). The summed E-state index contributed by atoms with van der Waals surface area (Å²) in [5.41, 5.74) is 0. The molecule has 0 heterocycles. The van der Waals surface area contributed by atoms with Crippen molar-refractivity contribution in [3.05, 3.63) is 12.2 Å². The Morgan fingerprint density at radius 3 is 1.42 bits per heavy atom. The molecule has 0 fully saturated rings. The summed E-state index contributed by atoms with van der Waals surface area (Å²) in [5.74, 6) is -1.87. The zero-order valence-corrected chi connectivity index (χ0v) is 21.8. The van der Waals surface area contributed by atoms with Gasteiger partial charge in [-0.2, -0.15) is 0 Å². The molecule has 31 heavy (non-hydrogen) atoms. The van der Waals surface area contributed by atoms with E-state index in [0.717, 1.165) is 19.3 Å². The van der Waals surface area contributed by atoms with Crippen molar-refractivity contribution in [1.29, 1.82) is 0 Å². The van der Waals surface area contributed by atoms with E-state index in [9.17, 15) is 19.8 Å². The molecule has 0 saturated heterocycles. The number of carbonyl (C=O) groups excluding carboxylic acids is 2. The van der Waals surface area contributed by atoms with Gasteiger partial charge in [-0.25, -0.2) is 0 Å². The molecule has 0 radical (unpaired) electrons. The van der Waals surface area contributed by atoms with Crippen molar-refractivity contribution in [2.24, 2.45) is 0 Å². The van der Waals surface area contributed by atoms with Crippen LogP contribution >= 0.6 is 0 Å². The van der Waals surface area contributed by atoms with Gasteiger partial charge >= 0.3 is 40.4 Å². The largest absolute Gasteiger partial charge is 0.550 e. The minimum absolute atomic E-state index is 0.181. The van der Waals surface area contributed by atoms with Crippen molar-refractivity contribution in [3.63, 3.8) is 0 Å². The van der Waals surface area contributed by atoms with Crippen molar-refractivity contribution >= 4 is 28.6 Å². The predicted octanol–water partition coefficient (Wildman–Crippen LogP) is 4.81. The van der Waals surface area contributed by atoms with E-state index < -0.39 is 11.9 Å². The van der Waals surface area contributed by atoms with Crippen LogP contribution in [0.1, 0.15) is 130 Å². The Balaban J connectivity index is -0.000000583. The average molecular weight is 455 g/mol. The fourth-order valence-electron chi connectivity index (χ4n) is 2.54. The molecule has 0 aromatic rings. The molecule has 0 unspecified atom stereocenters. The van der Waals surface area contributed by atoms with Gasteiger partial charge < -0.3 is 19.8 Å². The van der Waals surface area contributed by atoms with E-state index in [1.54, 1.807) is 6.92 Å². The third-order valence-electron chi connectivity index (χ3n) is 4.37. The van der Waals surface area contributed by atoms with E-state index >= 15 is 0 Å². The maximum Gasteiger partial charge on any atom is 0.0414 e. The number of allylic oxidation sites excluding steroid dienone is 2. The molecule has 0 aliphatic heterocycles. The molecule has 6 heteroatoms. The fourth-order valence-corrected chi connectivity index (χ4v) is 2.54. The van der Waals surface area contributed by atoms with Gasteiger partial charge in [-0.3, -0.25) is 0 Å². The van der Waals surface area contributed by atoms with Crippen LogP contribution in [0.2, 0.25) is 0 Å². The Morgan fingerprint density at radius 1 is 0.710 bits per heavy atom. The van der Waals surface area contributed by atoms with Crippen molar-refractivity contribution in [2.45, 2.75) is 137 Å². The second-order valence-corrected chi connectivity index (χ2v) is 8.29. The zero-order valence-electron chi connectivity index (χ0n) is 20.7. The van der Waals surface area contributed by atoms with Crippen molar-refractivity contribution in [1.82, 2.24) is 0 Å². The molecule has 180 valence electrons. The first kappa shape index (κ1) is 34.8. The van der Waals surface area contributed by atoms with Crippen LogP contribution < -0.4 is 10.2 Å². The first-order valence-corrected chi connectivity index (χ1v) is 12.7. The summed E-state index contributed by atoms with van der Waals surface area (Å²) in [5, 5.41) is 19.7. The molecule has 0 aliphatic carbocycles. The fraction of sp³-hybridized carbons (Fsp3) is 0.840. The Bertz CT molecular complexity index is 397. The van der Waals surface area contributed by atoms with Crippen LogP contribution in [0.3, 0.4) is 0 Å². The molecular weight excluding hydrogens is 407 g/mol. The molecule has 0 bridgehead atoms. The number of unbranched alkanes of at least 4 members (excludes halogenated alkanes) is 11. The van der Waals surface area contributed by atoms with E-state index in [4.69, 9.17) is 0 Å². The first-order valence-electron chi connectivity index (χ1n) is 12.2. The maximum absolute atomic E-state index is 10.2. The smallest absolute Gasteiger partial charge is 0.0414 e. The van der Waals surface area contributed by atoms with Crippen LogP contribution in [0.15, 0.2) is 12.2 Å². The van der Waals surface area contributed by atoms with E-state index in [1.807, 2.05) is 13.8 Å². The van der Waals surface area contributed by atoms with Crippen LogP contribution in [0.4, 0.5) is 0 Å². The number of carbonyl (C=O) groups is 2. The van der Waals surface area contributed by atoms with Gasteiger partial charge in [-0.1, -0.05) is 83.8 Å². The Morgan fingerprint density at radius 2 is 1.10 bits per heavy atom. The molecule has 0 aromatic heterocycles. The van der Waals surface area contributed by atoms with E-state index in [1.165, 1.54) is 64.2 Å². The summed E-state index contributed by atoms with van der Waals surface area (Å²) in [4.78, 5) is 19.7. The monoisotopic (exact) mass is 454 g/mol. The summed E-state index contributed by atoms with van der Waals surface area (Å²) in [6.45, 7) is 8.02. The average Bonchev–Trinajstić information content (AvgIpc) is 2.71. The minimum Gasteiger partial charge on any atom is -0.550 e. The van der Waals surface area contributed by atoms with Crippen molar-refractivity contribution in [2.75, 3.05) is 0 Å². The number of rotatable bonds is 18. The summed E-state index contributed by atoms with van der Waals surface area (Å²) in [7, 11) is 0. The van der Waals surface area contributed by atoms with Gasteiger partial charge in [0.05, 0.1) is 0 Å². The van der Waals surface area contributed by atoms with Crippen LogP contribution in [-0.4, -0.2) is 34.7 Å². The zero-order chi connectivity index (χ0) is 24.2. The van der Waals surface area contributed by atoms with Gasteiger partial charge in [0, 0.05) is 11.9 Å². The standard InChI is InChI=1S/C18H34O2.C4H8O2.C3H7O.Al/c1-2-3-4-5-6-7-8-9-10-11-12-13-14-15-16-17-18(19)20;1-2-3-4(5)6;1-3(2)4;/h9-10H,2-8,11-17H2,1H3,(H,19,20);2-3H2,1H3,(H,5,6);3H,1-2H3;/q;;-1;+3/p-2/b10-9-;;;. The van der Waals surface area contributed by atoms with Crippen molar-refractivity contribution in [3.8, 4) is 0 Å². The number of carboxylic acids is 2. The third-order valence-corrected chi connectivity index (χ3v) is 4.91. The maximum atomic E-state index is 10.2. The molecule has 0 saturated carbocycles. The topological polar surface area (TPSA) is 89.5 Å². The van der Waals surface area contributed by atoms with Gasteiger partial charge in [-0.05, 0) is 44.9 Å². The Hall–Kier alpha value is -0.828. The number of hydrogen-bond donors (Lipinski definition) is 0. The summed E-state index contributed by atoms with van der Waals surface area (Å²) < 4.78 is 4.67. The van der Waals surface area contributed by atoms with E-state index in [-0.39, 0.29) is 12.8 Å². The summed E-state index contributed by atoms with van der Waals surface area (Å²) in [6.07, 6.45) is 22.1. The van der Waals surface area contributed by atoms with Crippen LogP contribution in [-0.2, 0) is 13.4 Å². The first-order chi connectivity index (χ1) is 14.8. The Labute approximate surface area is 200 Å². The van der Waals surface area contributed by atoms with Gasteiger partial charge in [0.25, 0.3) is 0 Å².